The van der Waals surface area contributed by atoms with Crippen molar-refractivity contribution in [2.45, 2.75) is 0 Å². The number of aromatic hydroxyl groups is 1. The summed E-state index contributed by atoms with van der Waals surface area (Å²) in [5.41, 5.74) is 1.54. The van der Waals surface area contributed by atoms with Crippen molar-refractivity contribution < 1.29 is 19.4 Å². The molecule has 1 aliphatic heterocycles. The second-order valence-corrected chi connectivity index (χ2v) is 6.73. The number of thioether (sulfide) groups is 1. The number of hydrogen-bond donors (Lipinski definition) is 1. The van der Waals surface area contributed by atoms with Gasteiger partial charge < -0.3 is 14.6 Å². The molecule has 0 spiro atoms. The first-order valence-corrected chi connectivity index (χ1v) is 9.15. The molecule has 140 valence electrons. The average molecular weight is 384 g/mol. The van der Waals surface area contributed by atoms with Crippen molar-refractivity contribution in [1.29, 1.82) is 0 Å². The zero-order chi connectivity index (χ0) is 19.2. The fraction of sp³-hybridized carbons (Fsp3) is 0.200. The first-order chi connectivity index (χ1) is 13.1. The summed E-state index contributed by atoms with van der Waals surface area (Å²) in [6, 6.07) is 14.4. The standard InChI is InChI=1S/C20H20N2O4S/c1-25-11-10-22-19(24)18(13-14-8-9-16(23)17(12-14)26-2)27-20(22)21-15-6-4-3-5-7-15/h3-9,12-13,23H,10-11H2,1-2H3/b18-13-,21-20?. The Hall–Kier alpha value is -2.77. The Bertz CT molecular complexity index is 881. The third kappa shape index (κ3) is 4.50. The van der Waals surface area contributed by atoms with E-state index in [-0.39, 0.29) is 11.7 Å². The molecule has 0 radical (unpaired) electrons. The number of para-hydroxylation sites is 1. The molecule has 1 heterocycles. The number of phenolic OH excluding ortho intramolecular Hbond substituents is 1. The Labute approximate surface area is 162 Å². The van der Waals surface area contributed by atoms with Gasteiger partial charge in [0.15, 0.2) is 16.7 Å². The molecular weight excluding hydrogens is 364 g/mol. The molecule has 3 rings (SSSR count). The van der Waals surface area contributed by atoms with E-state index in [1.54, 1.807) is 30.2 Å². The lowest BCUT2D eigenvalue weighted by Crippen LogP contribution is -2.32. The minimum absolute atomic E-state index is 0.0538. The summed E-state index contributed by atoms with van der Waals surface area (Å²) >= 11 is 1.31. The highest BCUT2D eigenvalue weighted by molar-refractivity contribution is 8.18. The molecule has 1 amide bonds. The van der Waals surface area contributed by atoms with Gasteiger partial charge in [-0.3, -0.25) is 9.69 Å². The van der Waals surface area contributed by atoms with Crippen LogP contribution in [0.15, 0.2) is 58.4 Å². The van der Waals surface area contributed by atoms with E-state index in [0.29, 0.717) is 29.0 Å². The van der Waals surface area contributed by atoms with Crippen molar-refractivity contribution in [3.63, 3.8) is 0 Å². The molecule has 0 saturated carbocycles. The second-order valence-electron chi connectivity index (χ2n) is 5.72. The quantitative estimate of drug-likeness (QED) is 0.770. The van der Waals surface area contributed by atoms with Gasteiger partial charge in [-0.15, -0.1) is 0 Å². The molecule has 6 nitrogen and oxygen atoms in total. The molecule has 0 atom stereocenters. The molecule has 1 aliphatic rings. The maximum atomic E-state index is 12.9. The van der Waals surface area contributed by atoms with Crippen LogP contribution in [-0.2, 0) is 9.53 Å². The Morgan fingerprint density at radius 1 is 1.19 bits per heavy atom. The van der Waals surface area contributed by atoms with Crippen LogP contribution in [-0.4, -0.2) is 48.5 Å². The molecule has 2 aromatic carbocycles. The van der Waals surface area contributed by atoms with E-state index in [4.69, 9.17) is 9.47 Å². The van der Waals surface area contributed by atoms with Gasteiger partial charge in [0, 0.05) is 7.11 Å². The van der Waals surface area contributed by atoms with Crippen LogP contribution in [0.1, 0.15) is 5.56 Å². The zero-order valence-corrected chi connectivity index (χ0v) is 15.9. The second kappa shape index (κ2) is 8.75. The van der Waals surface area contributed by atoms with Crippen molar-refractivity contribution in [3.05, 3.63) is 59.0 Å². The first kappa shape index (κ1) is 19.0. The van der Waals surface area contributed by atoms with Gasteiger partial charge in [0.1, 0.15) is 0 Å². The topological polar surface area (TPSA) is 71.4 Å². The van der Waals surface area contributed by atoms with Gasteiger partial charge in [0.2, 0.25) is 0 Å². The van der Waals surface area contributed by atoms with E-state index >= 15 is 0 Å². The molecule has 7 heteroatoms. The lowest BCUT2D eigenvalue weighted by atomic mass is 10.2. The van der Waals surface area contributed by atoms with Crippen molar-refractivity contribution in [2.75, 3.05) is 27.4 Å². The Balaban J connectivity index is 1.93. The van der Waals surface area contributed by atoms with Crippen molar-refractivity contribution in [2.24, 2.45) is 4.99 Å². The number of carbonyl (C=O) groups is 1. The minimum atomic E-state index is -0.126. The van der Waals surface area contributed by atoms with E-state index in [9.17, 15) is 9.90 Å². The number of carbonyl (C=O) groups excluding carboxylic acids is 1. The zero-order valence-electron chi connectivity index (χ0n) is 15.1. The molecule has 0 aliphatic carbocycles. The highest BCUT2D eigenvalue weighted by atomic mass is 32.2. The summed E-state index contributed by atoms with van der Waals surface area (Å²) in [5.74, 6) is 0.283. The maximum Gasteiger partial charge on any atom is 0.266 e. The summed E-state index contributed by atoms with van der Waals surface area (Å²) in [5, 5.41) is 10.3. The minimum Gasteiger partial charge on any atom is -0.504 e. The van der Waals surface area contributed by atoms with E-state index in [0.717, 1.165) is 11.3 Å². The summed E-state index contributed by atoms with van der Waals surface area (Å²) in [7, 11) is 3.08. The molecular formula is C20H20N2O4S. The van der Waals surface area contributed by atoms with Crippen molar-refractivity contribution >= 4 is 34.6 Å². The number of nitrogens with zero attached hydrogens (tertiary/aromatic N) is 2. The number of hydrogen-bond acceptors (Lipinski definition) is 6. The Kier molecular flexibility index (Phi) is 6.16. The lowest BCUT2D eigenvalue weighted by Gasteiger charge is -2.14. The highest BCUT2D eigenvalue weighted by Crippen LogP contribution is 2.35. The van der Waals surface area contributed by atoms with Gasteiger partial charge in [-0.25, -0.2) is 4.99 Å². The van der Waals surface area contributed by atoms with Crippen LogP contribution >= 0.6 is 11.8 Å². The Morgan fingerprint density at radius 3 is 2.67 bits per heavy atom. The molecule has 1 N–H and O–H groups in total. The number of amides is 1. The predicted molar refractivity (Wildman–Crippen MR) is 107 cm³/mol. The maximum absolute atomic E-state index is 12.9. The average Bonchev–Trinajstić information content (AvgIpc) is 2.97. The van der Waals surface area contributed by atoms with Crippen LogP contribution in [0.25, 0.3) is 6.08 Å². The summed E-state index contributed by atoms with van der Waals surface area (Å²) in [4.78, 5) is 19.6. The number of methoxy groups -OCH3 is 2. The summed E-state index contributed by atoms with van der Waals surface area (Å²) < 4.78 is 10.3. The van der Waals surface area contributed by atoms with E-state index in [1.807, 2.05) is 30.3 Å². The fourth-order valence-corrected chi connectivity index (χ4v) is 3.54. The number of benzene rings is 2. The largest absolute Gasteiger partial charge is 0.504 e. The van der Waals surface area contributed by atoms with E-state index in [1.165, 1.54) is 24.9 Å². The van der Waals surface area contributed by atoms with Gasteiger partial charge in [0.05, 0.1) is 30.9 Å². The number of rotatable bonds is 6. The van der Waals surface area contributed by atoms with Crippen LogP contribution in [0.2, 0.25) is 0 Å². The van der Waals surface area contributed by atoms with Crippen LogP contribution in [0, 0.1) is 0 Å². The summed E-state index contributed by atoms with van der Waals surface area (Å²) in [6.45, 7) is 0.838. The van der Waals surface area contributed by atoms with Gasteiger partial charge >= 0.3 is 0 Å². The SMILES string of the molecule is COCCN1C(=O)/C(=C/c2ccc(O)c(OC)c2)SC1=Nc1ccccc1. The number of aliphatic imine (C=N–C) groups is 1. The summed E-state index contributed by atoms with van der Waals surface area (Å²) in [6.07, 6.45) is 1.77. The Morgan fingerprint density at radius 2 is 1.96 bits per heavy atom. The highest BCUT2D eigenvalue weighted by Gasteiger charge is 2.33. The third-order valence-electron chi connectivity index (χ3n) is 3.89. The van der Waals surface area contributed by atoms with Gasteiger partial charge in [-0.1, -0.05) is 24.3 Å². The predicted octanol–water partition coefficient (Wildman–Crippen LogP) is 3.65. The monoisotopic (exact) mass is 384 g/mol. The first-order valence-electron chi connectivity index (χ1n) is 8.33. The molecule has 0 bridgehead atoms. The normalized spacial score (nSPS) is 17.1. The third-order valence-corrected chi connectivity index (χ3v) is 4.90. The number of ether oxygens (including phenoxy) is 2. The molecule has 1 saturated heterocycles. The smallest absolute Gasteiger partial charge is 0.266 e. The molecule has 27 heavy (non-hydrogen) atoms. The van der Waals surface area contributed by atoms with Crippen LogP contribution in [0.4, 0.5) is 5.69 Å². The van der Waals surface area contributed by atoms with Crippen molar-refractivity contribution in [1.82, 2.24) is 4.90 Å². The van der Waals surface area contributed by atoms with Crippen molar-refractivity contribution in [3.8, 4) is 11.5 Å². The molecule has 0 unspecified atom stereocenters. The van der Waals surface area contributed by atoms with Crippen LogP contribution in [0.3, 0.4) is 0 Å². The number of phenols is 1. The van der Waals surface area contributed by atoms with E-state index < -0.39 is 0 Å². The van der Waals surface area contributed by atoms with Gasteiger partial charge in [-0.05, 0) is 47.7 Å². The molecule has 2 aromatic rings. The molecule has 1 fully saturated rings. The molecule has 0 aromatic heterocycles. The van der Waals surface area contributed by atoms with Crippen LogP contribution < -0.4 is 4.74 Å². The van der Waals surface area contributed by atoms with Crippen LogP contribution in [0.5, 0.6) is 11.5 Å². The lowest BCUT2D eigenvalue weighted by molar-refractivity contribution is -0.122. The van der Waals surface area contributed by atoms with Gasteiger partial charge in [0.25, 0.3) is 5.91 Å². The number of amidine groups is 1. The fourth-order valence-electron chi connectivity index (χ4n) is 2.52. The van der Waals surface area contributed by atoms with E-state index in [2.05, 4.69) is 4.99 Å². The van der Waals surface area contributed by atoms with Gasteiger partial charge in [-0.2, -0.15) is 0 Å².